The van der Waals surface area contributed by atoms with Gasteiger partial charge in [-0.1, -0.05) is 24.3 Å². The van der Waals surface area contributed by atoms with E-state index in [1.165, 1.54) is 12.1 Å². The van der Waals surface area contributed by atoms with Crippen molar-refractivity contribution in [1.82, 2.24) is 14.4 Å². The Hall–Kier alpha value is -3.88. The minimum absolute atomic E-state index is 0.0224. The van der Waals surface area contributed by atoms with Crippen LogP contribution < -0.4 is 5.43 Å². The molecular formula is C32H30F3N3O2. The number of fused-ring (bicyclic) bond motifs is 2. The van der Waals surface area contributed by atoms with Crippen molar-refractivity contribution in [2.24, 2.45) is 0 Å². The van der Waals surface area contributed by atoms with Gasteiger partial charge < -0.3 is 8.98 Å². The topological polar surface area (TPSA) is 41.6 Å². The second-order valence-electron chi connectivity index (χ2n) is 10.7. The number of nitrogens with zero attached hydrogens (tertiary/aromatic N) is 3. The molecule has 1 aliphatic rings. The molecule has 3 heterocycles. The largest absolute Gasteiger partial charge is 0.464 e. The van der Waals surface area contributed by atoms with Crippen LogP contribution in [0.5, 0.6) is 0 Å². The molecule has 0 unspecified atom stereocenters. The summed E-state index contributed by atoms with van der Waals surface area (Å²) in [6.45, 7) is 8.47. The summed E-state index contributed by atoms with van der Waals surface area (Å²) >= 11 is 0. The van der Waals surface area contributed by atoms with Crippen LogP contribution in [0.3, 0.4) is 0 Å². The Kier molecular flexibility index (Phi) is 6.76. The van der Waals surface area contributed by atoms with Crippen molar-refractivity contribution >= 4 is 21.9 Å². The van der Waals surface area contributed by atoms with Gasteiger partial charge in [0, 0.05) is 62.1 Å². The van der Waals surface area contributed by atoms with Gasteiger partial charge in [-0.15, -0.1) is 0 Å². The number of benzene rings is 3. The molecule has 0 atom stereocenters. The van der Waals surface area contributed by atoms with E-state index in [2.05, 4.69) is 9.80 Å². The monoisotopic (exact) mass is 545 g/mol. The van der Waals surface area contributed by atoms with Crippen LogP contribution in [0, 0.1) is 13.8 Å². The third kappa shape index (κ3) is 5.05. The first-order chi connectivity index (χ1) is 19.2. The highest BCUT2D eigenvalue weighted by molar-refractivity contribution is 5.85. The predicted molar refractivity (Wildman–Crippen MR) is 151 cm³/mol. The lowest BCUT2D eigenvalue weighted by Gasteiger charge is -2.34. The Morgan fingerprint density at radius 1 is 0.800 bits per heavy atom. The molecule has 0 radical (unpaired) electrons. The highest BCUT2D eigenvalue weighted by Gasteiger charge is 2.30. The Balaban J connectivity index is 1.17. The van der Waals surface area contributed by atoms with Crippen molar-refractivity contribution < 1.29 is 17.6 Å². The minimum atomic E-state index is -4.40. The molecular weight excluding hydrogens is 515 g/mol. The quantitative estimate of drug-likeness (QED) is 0.247. The lowest BCUT2D eigenvalue weighted by molar-refractivity contribution is -0.137. The Morgan fingerprint density at radius 3 is 2.20 bits per heavy atom. The third-order valence-corrected chi connectivity index (χ3v) is 7.96. The van der Waals surface area contributed by atoms with Gasteiger partial charge >= 0.3 is 6.18 Å². The molecule has 0 amide bonds. The molecule has 3 aromatic carbocycles. The van der Waals surface area contributed by atoms with Gasteiger partial charge in [-0.2, -0.15) is 13.2 Å². The first-order valence-corrected chi connectivity index (χ1v) is 13.4. The van der Waals surface area contributed by atoms with Gasteiger partial charge in [-0.3, -0.25) is 14.6 Å². The van der Waals surface area contributed by atoms with Crippen LogP contribution in [-0.4, -0.2) is 40.5 Å². The summed E-state index contributed by atoms with van der Waals surface area (Å²) in [5.41, 5.74) is 5.24. The fraction of sp³-hybridized carbons (Fsp3) is 0.281. The number of hydrogen-bond acceptors (Lipinski definition) is 4. The van der Waals surface area contributed by atoms with E-state index in [1.807, 2.05) is 61.0 Å². The van der Waals surface area contributed by atoms with Crippen LogP contribution in [0.4, 0.5) is 13.2 Å². The summed E-state index contributed by atoms with van der Waals surface area (Å²) in [5, 5.41) is 1.65. The second kappa shape index (κ2) is 10.3. The molecule has 6 rings (SSSR count). The van der Waals surface area contributed by atoms with E-state index in [4.69, 9.17) is 4.42 Å². The first kappa shape index (κ1) is 26.3. The smallest absolute Gasteiger partial charge is 0.416 e. The highest BCUT2D eigenvalue weighted by Crippen LogP contribution is 2.32. The van der Waals surface area contributed by atoms with Gasteiger partial charge in [-0.05, 0) is 66.9 Å². The lowest BCUT2D eigenvalue weighted by atomic mass is 10.1. The van der Waals surface area contributed by atoms with E-state index in [0.717, 1.165) is 59.8 Å². The van der Waals surface area contributed by atoms with E-state index in [0.29, 0.717) is 35.3 Å². The van der Waals surface area contributed by atoms with Crippen molar-refractivity contribution in [3.8, 4) is 5.69 Å². The number of para-hydroxylation sites is 1. The van der Waals surface area contributed by atoms with E-state index < -0.39 is 11.7 Å². The maximum Gasteiger partial charge on any atom is 0.416 e. The maximum absolute atomic E-state index is 13.4. The van der Waals surface area contributed by atoms with E-state index >= 15 is 0 Å². The summed E-state index contributed by atoms with van der Waals surface area (Å²) < 4.78 is 47.7. The summed E-state index contributed by atoms with van der Waals surface area (Å²) in [5.74, 6) is 0. The summed E-state index contributed by atoms with van der Waals surface area (Å²) in [4.78, 5) is 17.7. The Morgan fingerprint density at radius 2 is 1.48 bits per heavy atom. The van der Waals surface area contributed by atoms with Crippen molar-refractivity contribution in [3.05, 3.63) is 111 Å². The van der Waals surface area contributed by atoms with Crippen LogP contribution in [-0.2, 0) is 19.3 Å². The minimum Gasteiger partial charge on any atom is -0.464 e. The van der Waals surface area contributed by atoms with E-state index in [9.17, 15) is 18.0 Å². The zero-order valence-electron chi connectivity index (χ0n) is 22.5. The summed E-state index contributed by atoms with van der Waals surface area (Å²) in [6, 6.07) is 17.1. The number of aromatic nitrogens is 1. The molecule has 5 nitrogen and oxygen atoms in total. The fourth-order valence-electron chi connectivity index (χ4n) is 5.54. The summed E-state index contributed by atoms with van der Waals surface area (Å²) in [7, 11) is 0. The zero-order valence-corrected chi connectivity index (χ0v) is 22.5. The normalized spacial score (nSPS) is 15.3. The predicted octanol–water partition coefficient (Wildman–Crippen LogP) is 6.69. The molecule has 1 aliphatic heterocycles. The highest BCUT2D eigenvalue weighted by atomic mass is 19.4. The van der Waals surface area contributed by atoms with Crippen LogP contribution in [0.25, 0.3) is 27.6 Å². The molecule has 0 N–H and O–H groups in total. The van der Waals surface area contributed by atoms with Crippen LogP contribution in [0.15, 0.2) is 82.3 Å². The van der Waals surface area contributed by atoms with Crippen molar-refractivity contribution in [2.45, 2.75) is 33.1 Å². The van der Waals surface area contributed by atoms with Gasteiger partial charge in [0.05, 0.1) is 22.7 Å². The second-order valence-corrected chi connectivity index (χ2v) is 10.7. The van der Waals surface area contributed by atoms with Crippen LogP contribution in [0.2, 0.25) is 0 Å². The molecule has 8 heteroatoms. The van der Waals surface area contributed by atoms with Gasteiger partial charge in [-0.25, -0.2) is 0 Å². The number of rotatable bonds is 5. The maximum atomic E-state index is 13.4. The molecule has 206 valence electrons. The Labute approximate surface area is 230 Å². The van der Waals surface area contributed by atoms with Crippen molar-refractivity contribution in [1.29, 1.82) is 0 Å². The Bertz CT molecular complexity index is 1760. The number of piperazine rings is 1. The molecule has 40 heavy (non-hydrogen) atoms. The number of halogens is 3. The molecule has 1 saturated heterocycles. The van der Waals surface area contributed by atoms with Gasteiger partial charge in [0.15, 0.2) is 5.43 Å². The van der Waals surface area contributed by atoms with Gasteiger partial charge in [0.25, 0.3) is 0 Å². The molecule has 1 fully saturated rings. The molecule has 0 bridgehead atoms. The summed E-state index contributed by atoms with van der Waals surface area (Å²) in [6.07, 6.45) is -0.849. The molecule has 5 aromatic rings. The standard InChI is InChI=1S/C32H30F3N3O2/c1-21-14-28-30(15-22(21)2)40-20-24(31(28)39)18-37-12-10-36(11-13-37)17-23-19-38(29-9-4-3-8-27(23)29)26-7-5-6-25(16-26)32(33,34)35/h3-9,14-16,19-20H,10-13,17-18H2,1-2H3. The third-order valence-electron chi connectivity index (χ3n) is 7.96. The number of hydrogen-bond donors (Lipinski definition) is 0. The number of aryl methyl sites for hydroxylation is 2. The molecule has 0 aliphatic carbocycles. The average molecular weight is 546 g/mol. The molecule has 2 aromatic heterocycles. The van der Waals surface area contributed by atoms with Crippen LogP contribution >= 0.6 is 0 Å². The number of alkyl halides is 3. The SMILES string of the molecule is Cc1cc2occ(CN3CCN(Cc4cn(-c5cccc(C(F)(F)F)c5)c5ccccc45)CC3)c(=O)c2cc1C. The van der Waals surface area contributed by atoms with Crippen molar-refractivity contribution in [2.75, 3.05) is 26.2 Å². The van der Waals surface area contributed by atoms with E-state index in [1.54, 1.807) is 12.3 Å². The lowest BCUT2D eigenvalue weighted by Crippen LogP contribution is -2.45. The average Bonchev–Trinajstić information content (AvgIpc) is 3.30. The van der Waals surface area contributed by atoms with Crippen LogP contribution in [0.1, 0.15) is 27.8 Å². The molecule has 0 spiro atoms. The van der Waals surface area contributed by atoms with E-state index in [-0.39, 0.29) is 5.43 Å². The molecule has 0 saturated carbocycles. The first-order valence-electron chi connectivity index (χ1n) is 13.4. The van der Waals surface area contributed by atoms with Crippen molar-refractivity contribution in [3.63, 3.8) is 0 Å². The van der Waals surface area contributed by atoms with Gasteiger partial charge in [0.1, 0.15) is 5.58 Å². The fourth-order valence-corrected chi connectivity index (χ4v) is 5.54. The van der Waals surface area contributed by atoms with Gasteiger partial charge in [0.2, 0.25) is 0 Å². The zero-order chi connectivity index (χ0) is 28.0.